The van der Waals surface area contributed by atoms with Gasteiger partial charge in [-0.3, -0.25) is 9.78 Å². The summed E-state index contributed by atoms with van der Waals surface area (Å²) in [6, 6.07) is 5.76. The van der Waals surface area contributed by atoms with Crippen molar-refractivity contribution >= 4 is 5.91 Å². The van der Waals surface area contributed by atoms with Crippen LogP contribution in [-0.2, 0) is 16.0 Å². The topological polar surface area (TPSA) is 77.2 Å². The average molecular weight is 249 g/mol. The summed E-state index contributed by atoms with van der Waals surface area (Å²) < 4.78 is 5.52. The molecule has 1 aliphatic rings. The largest absolute Gasteiger partial charge is 0.364 e. The first-order valence-corrected chi connectivity index (χ1v) is 6.32. The molecule has 5 heteroatoms. The lowest BCUT2D eigenvalue weighted by atomic mass is 10.2. The highest BCUT2D eigenvalue weighted by molar-refractivity contribution is 5.81. The summed E-state index contributed by atoms with van der Waals surface area (Å²) in [4.78, 5) is 16.0. The summed E-state index contributed by atoms with van der Waals surface area (Å²) in [7, 11) is 0. The smallest absolute Gasteiger partial charge is 0.249 e. The van der Waals surface area contributed by atoms with Gasteiger partial charge in [-0.1, -0.05) is 6.07 Å². The Labute approximate surface area is 107 Å². The van der Waals surface area contributed by atoms with E-state index in [1.807, 2.05) is 18.2 Å². The summed E-state index contributed by atoms with van der Waals surface area (Å²) in [6.45, 7) is 1.07. The van der Waals surface area contributed by atoms with Gasteiger partial charge in [0.15, 0.2) is 0 Å². The van der Waals surface area contributed by atoms with Crippen molar-refractivity contribution in [3.8, 4) is 0 Å². The minimum Gasteiger partial charge on any atom is -0.364 e. The lowest BCUT2D eigenvalue weighted by molar-refractivity contribution is -0.131. The molecule has 2 rings (SSSR count). The molecule has 0 saturated carbocycles. The summed E-state index contributed by atoms with van der Waals surface area (Å²) >= 11 is 0. The molecular formula is C13H19N3O2. The second kappa shape index (κ2) is 6.47. The molecule has 2 atom stereocenters. The van der Waals surface area contributed by atoms with Crippen molar-refractivity contribution in [3.05, 3.63) is 30.1 Å². The molecule has 0 bridgehead atoms. The number of carbonyl (C=O) groups is 1. The standard InChI is InChI=1S/C13H19N3O2/c14-9-11-4-5-12(18-11)13(17)16-8-6-10-3-1-2-7-15-10/h1-3,7,11-12H,4-6,8-9,14H2,(H,16,17)/t11-,12+/m1/s1. The van der Waals surface area contributed by atoms with Crippen LogP contribution in [0.5, 0.6) is 0 Å². The molecule has 0 aromatic carbocycles. The third kappa shape index (κ3) is 3.51. The van der Waals surface area contributed by atoms with E-state index in [-0.39, 0.29) is 18.1 Å². The number of amides is 1. The molecule has 5 nitrogen and oxygen atoms in total. The molecule has 1 aliphatic heterocycles. The second-order valence-electron chi connectivity index (χ2n) is 4.42. The van der Waals surface area contributed by atoms with Crippen LogP contribution in [0.2, 0.25) is 0 Å². The quantitative estimate of drug-likeness (QED) is 0.784. The van der Waals surface area contributed by atoms with E-state index in [9.17, 15) is 4.79 Å². The zero-order chi connectivity index (χ0) is 12.8. The Morgan fingerprint density at radius 1 is 1.50 bits per heavy atom. The van der Waals surface area contributed by atoms with Crippen LogP contribution in [0.25, 0.3) is 0 Å². The number of pyridine rings is 1. The van der Waals surface area contributed by atoms with Gasteiger partial charge in [0.1, 0.15) is 6.10 Å². The molecule has 98 valence electrons. The first-order valence-electron chi connectivity index (χ1n) is 6.32. The van der Waals surface area contributed by atoms with Crippen LogP contribution in [0, 0.1) is 0 Å². The van der Waals surface area contributed by atoms with Crippen LogP contribution in [0.3, 0.4) is 0 Å². The predicted molar refractivity (Wildman–Crippen MR) is 67.9 cm³/mol. The van der Waals surface area contributed by atoms with Gasteiger partial charge in [-0.15, -0.1) is 0 Å². The minimum atomic E-state index is -0.331. The number of ether oxygens (including phenoxy) is 1. The van der Waals surface area contributed by atoms with Gasteiger partial charge in [0.25, 0.3) is 0 Å². The Bertz CT molecular complexity index is 383. The number of nitrogens with zero attached hydrogens (tertiary/aromatic N) is 1. The fourth-order valence-corrected chi connectivity index (χ4v) is 2.05. The zero-order valence-electron chi connectivity index (χ0n) is 10.3. The van der Waals surface area contributed by atoms with Crippen molar-refractivity contribution in [2.45, 2.75) is 31.5 Å². The molecule has 2 heterocycles. The van der Waals surface area contributed by atoms with Gasteiger partial charge in [0.2, 0.25) is 5.91 Å². The van der Waals surface area contributed by atoms with E-state index in [2.05, 4.69) is 10.3 Å². The Balaban J connectivity index is 1.69. The van der Waals surface area contributed by atoms with Crippen LogP contribution >= 0.6 is 0 Å². The molecule has 0 unspecified atom stereocenters. The number of nitrogens with one attached hydrogen (secondary N) is 1. The van der Waals surface area contributed by atoms with Crippen LogP contribution in [0.4, 0.5) is 0 Å². The molecule has 18 heavy (non-hydrogen) atoms. The van der Waals surface area contributed by atoms with Crippen molar-refractivity contribution in [2.24, 2.45) is 5.73 Å². The minimum absolute atomic E-state index is 0.0385. The van der Waals surface area contributed by atoms with E-state index < -0.39 is 0 Å². The Hall–Kier alpha value is -1.46. The molecule has 1 aromatic rings. The molecular weight excluding hydrogens is 230 g/mol. The molecule has 1 saturated heterocycles. The third-order valence-electron chi connectivity index (χ3n) is 3.07. The monoisotopic (exact) mass is 249 g/mol. The molecule has 1 aromatic heterocycles. The third-order valence-corrected chi connectivity index (χ3v) is 3.07. The van der Waals surface area contributed by atoms with Gasteiger partial charge in [-0.05, 0) is 25.0 Å². The maximum Gasteiger partial charge on any atom is 0.249 e. The number of carbonyl (C=O) groups excluding carboxylic acids is 1. The van der Waals surface area contributed by atoms with Crippen molar-refractivity contribution in [2.75, 3.05) is 13.1 Å². The maximum absolute atomic E-state index is 11.8. The number of hydrogen-bond donors (Lipinski definition) is 2. The fourth-order valence-electron chi connectivity index (χ4n) is 2.05. The fraction of sp³-hybridized carbons (Fsp3) is 0.538. The summed E-state index contributed by atoms with van der Waals surface area (Å²) in [6.07, 6.45) is 3.83. The maximum atomic E-state index is 11.8. The van der Waals surface area contributed by atoms with Crippen LogP contribution in [0.1, 0.15) is 18.5 Å². The van der Waals surface area contributed by atoms with Crippen LogP contribution < -0.4 is 11.1 Å². The van der Waals surface area contributed by atoms with Crippen LogP contribution in [0.15, 0.2) is 24.4 Å². The van der Waals surface area contributed by atoms with Gasteiger partial charge in [-0.2, -0.15) is 0 Å². The molecule has 0 radical (unpaired) electrons. The van der Waals surface area contributed by atoms with Gasteiger partial charge in [0, 0.05) is 31.4 Å². The van der Waals surface area contributed by atoms with E-state index in [1.165, 1.54) is 0 Å². The second-order valence-corrected chi connectivity index (χ2v) is 4.42. The van der Waals surface area contributed by atoms with E-state index in [0.29, 0.717) is 13.1 Å². The van der Waals surface area contributed by atoms with Crippen molar-refractivity contribution < 1.29 is 9.53 Å². The highest BCUT2D eigenvalue weighted by Crippen LogP contribution is 2.18. The summed E-state index contributed by atoms with van der Waals surface area (Å²) in [5.41, 5.74) is 6.48. The lowest BCUT2D eigenvalue weighted by Gasteiger charge is -2.12. The van der Waals surface area contributed by atoms with E-state index in [0.717, 1.165) is 25.0 Å². The lowest BCUT2D eigenvalue weighted by Crippen LogP contribution is -2.36. The van der Waals surface area contributed by atoms with Gasteiger partial charge >= 0.3 is 0 Å². The normalized spacial score (nSPS) is 22.9. The number of hydrogen-bond acceptors (Lipinski definition) is 4. The molecule has 0 aliphatic carbocycles. The van der Waals surface area contributed by atoms with E-state index in [1.54, 1.807) is 6.20 Å². The Morgan fingerprint density at radius 2 is 2.39 bits per heavy atom. The number of aromatic nitrogens is 1. The number of nitrogens with two attached hydrogens (primary N) is 1. The van der Waals surface area contributed by atoms with E-state index >= 15 is 0 Å². The summed E-state index contributed by atoms with van der Waals surface area (Å²) in [5.74, 6) is -0.0399. The van der Waals surface area contributed by atoms with Crippen LogP contribution in [-0.4, -0.2) is 36.2 Å². The van der Waals surface area contributed by atoms with Gasteiger partial charge < -0.3 is 15.8 Å². The first-order chi connectivity index (χ1) is 8.79. The molecule has 1 amide bonds. The highest BCUT2D eigenvalue weighted by Gasteiger charge is 2.29. The SMILES string of the molecule is NC[C@H]1CC[C@@H](C(=O)NCCc2ccccn2)O1. The Morgan fingerprint density at radius 3 is 3.06 bits per heavy atom. The molecule has 3 N–H and O–H groups in total. The van der Waals surface area contributed by atoms with Crippen molar-refractivity contribution in [3.63, 3.8) is 0 Å². The summed E-state index contributed by atoms with van der Waals surface area (Å²) in [5, 5.41) is 2.87. The average Bonchev–Trinajstić information content (AvgIpc) is 2.89. The van der Waals surface area contributed by atoms with Gasteiger partial charge in [-0.25, -0.2) is 0 Å². The Kier molecular flexibility index (Phi) is 4.66. The predicted octanol–water partition coefficient (Wildman–Crippen LogP) is 0.247. The number of rotatable bonds is 5. The van der Waals surface area contributed by atoms with Crippen molar-refractivity contribution in [1.82, 2.24) is 10.3 Å². The first kappa shape index (κ1) is 13.0. The zero-order valence-corrected chi connectivity index (χ0v) is 10.3. The van der Waals surface area contributed by atoms with E-state index in [4.69, 9.17) is 10.5 Å². The van der Waals surface area contributed by atoms with Crippen molar-refractivity contribution in [1.29, 1.82) is 0 Å². The molecule has 0 spiro atoms. The highest BCUT2D eigenvalue weighted by atomic mass is 16.5. The van der Waals surface area contributed by atoms with Gasteiger partial charge in [0.05, 0.1) is 6.10 Å². The molecule has 1 fully saturated rings.